The third-order valence-corrected chi connectivity index (χ3v) is 5.32. The van der Waals surface area contributed by atoms with E-state index in [9.17, 15) is 4.57 Å². The van der Waals surface area contributed by atoms with Crippen molar-refractivity contribution in [1.29, 1.82) is 0 Å². The molecule has 2 aromatic heterocycles. The largest absolute Gasteiger partial charge is 0.382 e. The minimum atomic E-state index is -2.09. The number of hydrogen-bond donors (Lipinski definition) is 2. The van der Waals surface area contributed by atoms with Crippen LogP contribution in [0.3, 0.4) is 0 Å². The van der Waals surface area contributed by atoms with E-state index in [0.29, 0.717) is 30.2 Å². The lowest BCUT2D eigenvalue weighted by Crippen LogP contribution is -2.26. The first-order valence-electron chi connectivity index (χ1n) is 6.35. The van der Waals surface area contributed by atoms with Crippen LogP contribution in [-0.4, -0.2) is 44.8 Å². The van der Waals surface area contributed by atoms with Crippen LogP contribution >= 0.6 is 7.14 Å². The van der Waals surface area contributed by atoms with Gasteiger partial charge in [-0.1, -0.05) is 0 Å². The van der Waals surface area contributed by atoms with Crippen molar-refractivity contribution >= 4 is 30.1 Å². The van der Waals surface area contributed by atoms with E-state index in [-0.39, 0.29) is 17.9 Å². The molecular formula is C11H17N6O2P. The molecule has 2 atom stereocenters. The topological polar surface area (TPSA) is 122 Å². The zero-order chi connectivity index (χ0) is 14.3. The quantitative estimate of drug-likeness (QED) is 0.783. The lowest BCUT2D eigenvalue weighted by molar-refractivity contribution is 0.0608. The number of hydrogen-bond acceptors (Lipinski definition) is 7. The van der Waals surface area contributed by atoms with Crippen LogP contribution in [0.25, 0.3) is 11.2 Å². The van der Waals surface area contributed by atoms with E-state index in [0.717, 1.165) is 6.42 Å². The average Bonchev–Trinajstić information content (AvgIpc) is 2.75. The van der Waals surface area contributed by atoms with Gasteiger partial charge in [0.2, 0.25) is 5.95 Å². The first kappa shape index (κ1) is 13.3. The van der Waals surface area contributed by atoms with Crippen molar-refractivity contribution in [3.8, 4) is 0 Å². The van der Waals surface area contributed by atoms with Crippen molar-refractivity contribution in [2.75, 3.05) is 30.6 Å². The van der Waals surface area contributed by atoms with Crippen molar-refractivity contribution < 1.29 is 9.30 Å². The fourth-order valence-corrected chi connectivity index (χ4v) is 3.80. The van der Waals surface area contributed by atoms with Gasteiger partial charge >= 0.3 is 0 Å². The van der Waals surface area contributed by atoms with Crippen LogP contribution < -0.4 is 11.5 Å². The number of rotatable bonds is 2. The van der Waals surface area contributed by atoms with Crippen LogP contribution in [0.5, 0.6) is 0 Å². The van der Waals surface area contributed by atoms with Gasteiger partial charge < -0.3 is 25.3 Å². The highest BCUT2D eigenvalue weighted by atomic mass is 31.2. The molecule has 1 aliphatic heterocycles. The zero-order valence-electron chi connectivity index (χ0n) is 11.2. The Morgan fingerprint density at radius 2 is 2.30 bits per heavy atom. The summed E-state index contributed by atoms with van der Waals surface area (Å²) in [6, 6.07) is 0. The van der Waals surface area contributed by atoms with Crippen molar-refractivity contribution in [3.05, 3.63) is 6.33 Å². The van der Waals surface area contributed by atoms with Gasteiger partial charge in [-0.25, -0.2) is 4.98 Å². The van der Waals surface area contributed by atoms with E-state index >= 15 is 0 Å². The molecule has 0 aliphatic carbocycles. The van der Waals surface area contributed by atoms with E-state index in [4.69, 9.17) is 16.2 Å². The number of nitrogens with zero attached hydrogens (tertiary/aromatic N) is 4. The lowest BCUT2D eigenvalue weighted by atomic mass is 10.2. The molecular weight excluding hydrogens is 279 g/mol. The Bertz CT molecular complexity index is 688. The van der Waals surface area contributed by atoms with Crippen LogP contribution in [0.2, 0.25) is 0 Å². The Hall–Kier alpha value is -1.66. The Balaban J connectivity index is 1.83. The van der Waals surface area contributed by atoms with Gasteiger partial charge in [0.25, 0.3) is 0 Å². The fraction of sp³-hybridized carbons (Fsp3) is 0.545. The van der Waals surface area contributed by atoms with E-state index in [2.05, 4.69) is 15.0 Å². The molecule has 1 aliphatic rings. The molecule has 1 fully saturated rings. The molecule has 1 saturated heterocycles. The first-order valence-corrected chi connectivity index (χ1v) is 8.88. The maximum atomic E-state index is 11.9. The van der Waals surface area contributed by atoms with Crippen LogP contribution in [0.15, 0.2) is 6.33 Å². The van der Waals surface area contributed by atoms with Crippen molar-refractivity contribution in [2.45, 2.75) is 19.1 Å². The summed E-state index contributed by atoms with van der Waals surface area (Å²) in [5.74, 6) is 0.397. The maximum Gasteiger partial charge on any atom is 0.224 e. The predicted molar refractivity (Wildman–Crippen MR) is 76.9 cm³/mol. The predicted octanol–water partition coefficient (Wildman–Crippen LogP) is 0.730. The summed E-state index contributed by atoms with van der Waals surface area (Å²) in [4.78, 5) is 12.2. The van der Waals surface area contributed by atoms with Gasteiger partial charge in [0.05, 0.1) is 25.3 Å². The summed E-state index contributed by atoms with van der Waals surface area (Å²) < 4.78 is 19.4. The van der Waals surface area contributed by atoms with Crippen molar-refractivity contribution in [3.63, 3.8) is 0 Å². The highest BCUT2D eigenvalue weighted by molar-refractivity contribution is 7.63. The summed E-state index contributed by atoms with van der Waals surface area (Å²) in [7, 11) is -2.09. The van der Waals surface area contributed by atoms with Crippen molar-refractivity contribution in [2.24, 2.45) is 0 Å². The van der Waals surface area contributed by atoms with Crippen LogP contribution in [0, 0.1) is 0 Å². The highest BCUT2D eigenvalue weighted by Gasteiger charge is 2.27. The number of nitrogens with two attached hydrogens (primary N) is 2. The summed E-state index contributed by atoms with van der Waals surface area (Å²) in [5, 5.41) is 0. The Morgan fingerprint density at radius 3 is 3.00 bits per heavy atom. The molecule has 4 N–H and O–H groups in total. The molecule has 0 bridgehead atoms. The summed E-state index contributed by atoms with van der Waals surface area (Å²) in [6.45, 7) is 2.37. The molecule has 108 valence electrons. The van der Waals surface area contributed by atoms with Crippen LogP contribution in [0.1, 0.15) is 6.42 Å². The third-order valence-electron chi connectivity index (χ3n) is 3.42. The normalized spacial score (nSPS) is 26.9. The molecule has 3 rings (SSSR count). The van der Waals surface area contributed by atoms with Crippen LogP contribution in [-0.2, 0) is 15.8 Å². The molecule has 2 unspecified atom stereocenters. The number of imidazole rings is 1. The highest BCUT2D eigenvalue weighted by Crippen LogP contribution is 2.45. The van der Waals surface area contributed by atoms with Gasteiger partial charge in [0.15, 0.2) is 11.5 Å². The maximum absolute atomic E-state index is 11.9. The van der Waals surface area contributed by atoms with Gasteiger partial charge in [-0.05, 0) is 13.1 Å². The number of fused-ring (bicyclic) bond motifs is 1. The number of nitrogen functional groups attached to an aromatic ring is 2. The van der Waals surface area contributed by atoms with Gasteiger partial charge in [-0.2, -0.15) is 9.97 Å². The molecule has 2 aromatic rings. The Kier molecular flexibility index (Phi) is 3.14. The second-order valence-electron chi connectivity index (χ2n) is 5.26. The SMILES string of the molecule is CP1(=O)CCC(Cn2cnc3c(N)nc(N)nc32)OC1. The second kappa shape index (κ2) is 4.71. The van der Waals surface area contributed by atoms with E-state index in [1.807, 2.05) is 4.57 Å². The third kappa shape index (κ3) is 2.48. The molecule has 0 saturated carbocycles. The van der Waals surface area contributed by atoms with E-state index in [1.54, 1.807) is 13.0 Å². The average molecular weight is 296 g/mol. The molecule has 8 nitrogen and oxygen atoms in total. The van der Waals surface area contributed by atoms with Gasteiger partial charge in [-0.15, -0.1) is 0 Å². The molecule has 3 heterocycles. The van der Waals surface area contributed by atoms with E-state index in [1.165, 1.54) is 0 Å². The Labute approximate surface area is 115 Å². The van der Waals surface area contributed by atoms with E-state index < -0.39 is 7.14 Å². The van der Waals surface area contributed by atoms with Gasteiger partial charge in [0, 0.05) is 6.16 Å². The van der Waals surface area contributed by atoms with Crippen molar-refractivity contribution in [1.82, 2.24) is 19.5 Å². The number of anilines is 2. The zero-order valence-corrected chi connectivity index (χ0v) is 12.1. The number of ether oxygens (including phenoxy) is 1. The summed E-state index contributed by atoms with van der Waals surface area (Å²) in [6.07, 6.45) is 3.47. The summed E-state index contributed by atoms with van der Waals surface area (Å²) >= 11 is 0. The molecule has 0 amide bonds. The van der Waals surface area contributed by atoms with Crippen LogP contribution in [0.4, 0.5) is 11.8 Å². The minimum absolute atomic E-state index is 0.00633. The lowest BCUT2D eigenvalue weighted by Gasteiger charge is -2.27. The first-order chi connectivity index (χ1) is 9.44. The minimum Gasteiger partial charge on any atom is -0.382 e. The second-order valence-corrected chi connectivity index (χ2v) is 8.56. The molecule has 0 aromatic carbocycles. The van der Waals surface area contributed by atoms with Gasteiger partial charge in [0.1, 0.15) is 12.7 Å². The molecule has 0 spiro atoms. The number of aromatic nitrogens is 4. The standard InChI is InChI=1S/C11H17N6O2P/c1-20(18)3-2-7(19-6-20)4-17-5-14-8-9(12)15-11(13)16-10(8)17/h5,7H,2-4,6H2,1H3,(H4,12,13,15,16). The molecule has 0 radical (unpaired) electrons. The van der Waals surface area contributed by atoms with Gasteiger partial charge in [-0.3, -0.25) is 0 Å². The smallest absolute Gasteiger partial charge is 0.224 e. The monoisotopic (exact) mass is 296 g/mol. The molecule has 9 heteroatoms. The summed E-state index contributed by atoms with van der Waals surface area (Å²) in [5.41, 5.74) is 12.5. The fourth-order valence-electron chi connectivity index (χ4n) is 2.31. The molecule has 20 heavy (non-hydrogen) atoms. The Morgan fingerprint density at radius 1 is 1.50 bits per heavy atom.